The second-order valence-corrected chi connectivity index (χ2v) is 7.80. The number of carbonyl (C=O) groups excluding carboxylic acids is 1. The van der Waals surface area contributed by atoms with Gasteiger partial charge in [-0.05, 0) is 37.5 Å². The Hall–Kier alpha value is -1.93. The molecular formula is C16H21NO6S. The number of carboxylic acids is 1. The lowest BCUT2D eigenvalue weighted by Crippen LogP contribution is -2.49. The number of carboxylic acid groups (broad SMARTS) is 1. The fourth-order valence-electron chi connectivity index (χ4n) is 2.98. The number of hydrogen-bond donors (Lipinski definition) is 1. The van der Waals surface area contributed by atoms with Gasteiger partial charge in [0.2, 0.25) is 10.0 Å². The highest BCUT2D eigenvalue weighted by Gasteiger charge is 2.38. The van der Waals surface area contributed by atoms with E-state index in [0.717, 1.165) is 0 Å². The highest BCUT2D eigenvalue weighted by atomic mass is 32.2. The molecule has 0 bridgehead atoms. The van der Waals surface area contributed by atoms with Crippen LogP contribution >= 0.6 is 0 Å². The molecule has 1 N–H and O–H groups in total. The van der Waals surface area contributed by atoms with Gasteiger partial charge in [0, 0.05) is 12.6 Å². The molecule has 0 radical (unpaired) electrons. The number of methoxy groups -OCH3 is 1. The number of esters is 1. The maximum absolute atomic E-state index is 12.6. The van der Waals surface area contributed by atoms with Crippen LogP contribution in [0.3, 0.4) is 0 Å². The van der Waals surface area contributed by atoms with E-state index in [-0.39, 0.29) is 5.75 Å². The lowest BCUT2D eigenvalue weighted by molar-refractivity contribution is -0.144. The van der Waals surface area contributed by atoms with Gasteiger partial charge >= 0.3 is 11.9 Å². The molecule has 0 aromatic heterocycles. The first-order valence-electron chi connectivity index (χ1n) is 7.66. The Labute approximate surface area is 141 Å². The van der Waals surface area contributed by atoms with Crippen molar-refractivity contribution >= 4 is 22.0 Å². The van der Waals surface area contributed by atoms with Gasteiger partial charge in [-0.1, -0.05) is 12.1 Å². The third-order valence-electron chi connectivity index (χ3n) is 4.33. The largest absolute Gasteiger partial charge is 0.481 e. The third-order valence-corrected chi connectivity index (χ3v) is 6.26. The quantitative estimate of drug-likeness (QED) is 0.803. The molecule has 24 heavy (non-hydrogen) atoms. The molecule has 1 fully saturated rings. The molecule has 1 aromatic rings. The molecule has 7 nitrogen and oxygen atoms in total. The molecule has 0 aliphatic carbocycles. The Morgan fingerprint density at radius 3 is 2.46 bits per heavy atom. The lowest BCUT2D eigenvalue weighted by atomic mass is 9.92. The van der Waals surface area contributed by atoms with Crippen LogP contribution < -0.4 is 0 Å². The Bertz CT molecular complexity index is 713. The smallest absolute Gasteiger partial charge is 0.337 e. The molecule has 0 amide bonds. The van der Waals surface area contributed by atoms with Crippen molar-refractivity contribution in [2.45, 2.75) is 31.6 Å². The second-order valence-electron chi connectivity index (χ2n) is 5.88. The number of rotatable bonds is 5. The summed E-state index contributed by atoms with van der Waals surface area (Å²) in [6.45, 7) is 1.96. The summed E-state index contributed by atoms with van der Waals surface area (Å²) in [5.74, 6) is -2.37. The van der Waals surface area contributed by atoms with Gasteiger partial charge in [0.05, 0.1) is 24.3 Å². The van der Waals surface area contributed by atoms with Crippen molar-refractivity contribution in [2.24, 2.45) is 5.92 Å². The molecule has 0 saturated carbocycles. The second kappa shape index (κ2) is 7.31. The number of aliphatic carboxylic acids is 1. The molecule has 2 atom stereocenters. The van der Waals surface area contributed by atoms with Gasteiger partial charge in [0.25, 0.3) is 0 Å². The van der Waals surface area contributed by atoms with Crippen LogP contribution in [-0.4, -0.2) is 49.5 Å². The van der Waals surface area contributed by atoms with E-state index in [1.807, 2.05) is 0 Å². The lowest BCUT2D eigenvalue weighted by Gasteiger charge is -2.36. The molecule has 132 valence electrons. The monoisotopic (exact) mass is 355 g/mol. The van der Waals surface area contributed by atoms with Crippen molar-refractivity contribution in [2.75, 3.05) is 13.7 Å². The molecule has 1 heterocycles. The van der Waals surface area contributed by atoms with Crippen LogP contribution in [-0.2, 0) is 25.3 Å². The van der Waals surface area contributed by atoms with Crippen LogP contribution in [0, 0.1) is 5.92 Å². The minimum absolute atomic E-state index is 0.231. The van der Waals surface area contributed by atoms with Crippen molar-refractivity contribution in [1.29, 1.82) is 0 Å². The molecule has 1 aliphatic rings. The van der Waals surface area contributed by atoms with E-state index in [1.54, 1.807) is 19.1 Å². The molecule has 1 aromatic carbocycles. The summed E-state index contributed by atoms with van der Waals surface area (Å²) in [4.78, 5) is 22.7. The van der Waals surface area contributed by atoms with Crippen molar-refractivity contribution in [3.05, 3.63) is 35.4 Å². The van der Waals surface area contributed by atoms with Crippen LogP contribution in [0.15, 0.2) is 24.3 Å². The average Bonchev–Trinajstić information content (AvgIpc) is 2.54. The summed E-state index contributed by atoms with van der Waals surface area (Å²) >= 11 is 0. The summed E-state index contributed by atoms with van der Waals surface area (Å²) in [7, 11) is -2.36. The SMILES string of the molecule is COC(=O)c1ccc(CS(=O)(=O)N2CCC[C@H](C(=O)O)[C@@H]2C)cc1. The van der Waals surface area contributed by atoms with Gasteiger partial charge < -0.3 is 9.84 Å². The number of benzene rings is 1. The van der Waals surface area contributed by atoms with Gasteiger partial charge in [-0.25, -0.2) is 13.2 Å². The first-order valence-corrected chi connectivity index (χ1v) is 9.26. The molecule has 2 rings (SSSR count). The van der Waals surface area contributed by atoms with Gasteiger partial charge in [-0.15, -0.1) is 0 Å². The zero-order chi connectivity index (χ0) is 17.9. The Morgan fingerprint density at radius 1 is 1.29 bits per heavy atom. The van der Waals surface area contributed by atoms with E-state index >= 15 is 0 Å². The first-order chi connectivity index (χ1) is 11.3. The summed E-state index contributed by atoms with van der Waals surface area (Å²) in [6, 6.07) is 5.57. The average molecular weight is 355 g/mol. The van der Waals surface area contributed by atoms with Crippen molar-refractivity contribution in [3.8, 4) is 0 Å². The third kappa shape index (κ3) is 3.93. The highest BCUT2D eigenvalue weighted by Crippen LogP contribution is 2.27. The van der Waals surface area contributed by atoms with E-state index in [4.69, 9.17) is 0 Å². The maximum Gasteiger partial charge on any atom is 0.337 e. The number of piperidine rings is 1. The topological polar surface area (TPSA) is 101 Å². The summed E-state index contributed by atoms with van der Waals surface area (Å²) in [5.41, 5.74) is 0.878. The summed E-state index contributed by atoms with van der Waals surface area (Å²) in [6.07, 6.45) is 1.01. The van der Waals surface area contributed by atoms with Crippen molar-refractivity contribution in [1.82, 2.24) is 4.31 Å². The number of hydrogen-bond acceptors (Lipinski definition) is 5. The summed E-state index contributed by atoms with van der Waals surface area (Å²) < 4.78 is 31.2. The molecule has 1 aliphatic heterocycles. The number of sulfonamides is 1. The minimum Gasteiger partial charge on any atom is -0.481 e. The van der Waals surface area contributed by atoms with E-state index in [2.05, 4.69) is 4.74 Å². The van der Waals surface area contributed by atoms with Crippen LogP contribution in [0.1, 0.15) is 35.7 Å². The Balaban J connectivity index is 2.15. The number of carbonyl (C=O) groups is 2. The Kier molecular flexibility index (Phi) is 5.61. The van der Waals surface area contributed by atoms with Crippen LogP contribution in [0.2, 0.25) is 0 Å². The van der Waals surface area contributed by atoms with Crippen molar-refractivity contribution < 1.29 is 27.9 Å². The minimum atomic E-state index is -3.64. The maximum atomic E-state index is 12.6. The normalized spacial score (nSPS) is 22.1. The van der Waals surface area contributed by atoms with Gasteiger partial charge in [-0.3, -0.25) is 4.79 Å². The van der Waals surface area contributed by atoms with Gasteiger partial charge in [0.1, 0.15) is 0 Å². The van der Waals surface area contributed by atoms with E-state index in [9.17, 15) is 23.1 Å². The fourth-order valence-corrected chi connectivity index (χ4v) is 4.82. The van der Waals surface area contributed by atoms with E-state index in [0.29, 0.717) is 30.5 Å². The highest BCUT2D eigenvalue weighted by molar-refractivity contribution is 7.88. The standard InChI is InChI=1S/C16H21NO6S/c1-11-14(15(18)19)4-3-9-17(11)24(21,22)10-12-5-7-13(8-6-12)16(20)23-2/h5-8,11,14H,3-4,9-10H2,1-2H3,(H,18,19)/t11-,14-/m0/s1. The van der Waals surface area contributed by atoms with E-state index < -0.39 is 33.9 Å². The fraction of sp³-hybridized carbons (Fsp3) is 0.500. The molecule has 0 unspecified atom stereocenters. The van der Waals surface area contributed by atoms with Crippen LogP contribution in [0.5, 0.6) is 0 Å². The van der Waals surface area contributed by atoms with Gasteiger partial charge in [-0.2, -0.15) is 4.31 Å². The molecule has 0 spiro atoms. The zero-order valence-electron chi connectivity index (χ0n) is 13.6. The molecule has 8 heteroatoms. The number of nitrogens with zero attached hydrogens (tertiary/aromatic N) is 1. The van der Waals surface area contributed by atoms with Crippen LogP contribution in [0.25, 0.3) is 0 Å². The van der Waals surface area contributed by atoms with Gasteiger partial charge in [0.15, 0.2) is 0 Å². The van der Waals surface area contributed by atoms with E-state index in [1.165, 1.54) is 23.5 Å². The first kappa shape index (κ1) is 18.4. The predicted molar refractivity (Wildman–Crippen MR) is 86.9 cm³/mol. The predicted octanol–water partition coefficient (Wildman–Crippen LogP) is 1.49. The molecule has 1 saturated heterocycles. The number of ether oxygens (including phenoxy) is 1. The van der Waals surface area contributed by atoms with Crippen LogP contribution in [0.4, 0.5) is 0 Å². The van der Waals surface area contributed by atoms with Crippen molar-refractivity contribution in [3.63, 3.8) is 0 Å². The summed E-state index contributed by atoms with van der Waals surface area (Å²) in [5, 5.41) is 9.22. The Morgan fingerprint density at radius 2 is 1.92 bits per heavy atom. The molecular weight excluding hydrogens is 334 g/mol. The zero-order valence-corrected chi connectivity index (χ0v) is 14.5.